The molecule has 1 fully saturated rings. The molecular weight excluding hydrogens is 236 g/mol. The van der Waals surface area contributed by atoms with Crippen LogP contribution < -0.4 is 5.43 Å². The van der Waals surface area contributed by atoms with Crippen LogP contribution in [0.25, 0.3) is 0 Å². The number of para-hydroxylation sites is 1. The van der Waals surface area contributed by atoms with E-state index in [0.717, 1.165) is 11.3 Å². The Morgan fingerprint density at radius 2 is 1.89 bits per heavy atom. The maximum atomic E-state index is 9.82. The Morgan fingerprint density at radius 1 is 1.11 bits per heavy atom. The fourth-order valence-corrected chi connectivity index (χ4v) is 2.04. The molecule has 19 heavy (non-hydrogen) atoms. The molecule has 0 saturated heterocycles. The Morgan fingerprint density at radius 3 is 2.63 bits per heavy atom. The predicted molar refractivity (Wildman–Crippen MR) is 77.7 cm³/mol. The highest BCUT2D eigenvalue weighted by Crippen LogP contribution is 2.40. The molecule has 0 heterocycles. The highest BCUT2D eigenvalue weighted by molar-refractivity contribution is 5.84. The van der Waals surface area contributed by atoms with Crippen LogP contribution in [0.3, 0.4) is 0 Å². The van der Waals surface area contributed by atoms with Gasteiger partial charge in [-0.2, -0.15) is 5.10 Å². The summed E-state index contributed by atoms with van der Waals surface area (Å²) >= 11 is 0. The zero-order chi connectivity index (χ0) is 13.1. The maximum absolute atomic E-state index is 9.82. The first-order valence-electron chi connectivity index (χ1n) is 6.50. The first-order chi connectivity index (χ1) is 9.33. The third kappa shape index (κ3) is 2.94. The predicted octanol–water partition coefficient (Wildman–Crippen LogP) is 3.72. The summed E-state index contributed by atoms with van der Waals surface area (Å²) in [4.78, 5) is 0. The Kier molecular flexibility index (Phi) is 3.19. The standard InChI is InChI=1S/C16H16N2O/c19-16-9-8-13(12-6-7-12)10-14(16)11-17-18-15-4-2-1-3-5-15/h1-5,8-12,18-19H,6-7H2. The van der Waals surface area contributed by atoms with Crippen LogP contribution in [0.5, 0.6) is 5.75 Å². The molecular formula is C16H16N2O. The summed E-state index contributed by atoms with van der Waals surface area (Å²) in [5.41, 5.74) is 5.92. The summed E-state index contributed by atoms with van der Waals surface area (Å²) in [5, 5.41) is 14.0. The van der Waals surface area contributed by atoms with Gasteiger partial charge in [0.15, 0.2) is 0 Å². The van der Waals surface area contributed by atoms with Crippen molar-refractivity contribution >= 4 is 11.9 Å². The number of phenolic OH excluding ortho intramolecular Hbond substituents is 1. The summed E-state index contributed by atoms with van der Waals surface area (Å²) in [7, 11) is 0. The highest BCUT2D eigenvalue weighted by Gasteiger charge is 2.23. The molecule has 3 nitrogen and oxygen atoms in total. The normalized spacial score (nSPS) is 14.7. The third-order valence-electron chi connectivity index (χ3n) is 3.27. The fraction of sp³-hybridized carbons (Fsp3) is 0.188. The van der Waals surface area contributed by atoms with Gasteiger partial charge in [0.05, 0.1) is 11.9 Å². The van der Waals surface area contributed by atoms with Crippen LogP contribution in [0.1, 0.15) is 29.9 Å². The van der Waals surface area contributed by atoms with Gasteiger partial charge in [0.1, 0.15) is 5.75 Å². The van der Waals surface area contributed by atoms with E-state index in [9.17, 15) is 5.11 Å². The topological polar surface area (TPSA) is 44.6 Å². The number of hydrazone groups is 1. The van der Waals surface area contributed by atoms with Gasteiger partial charge in [0.25, 0.3) is 0 Å². The fourth-order valence-electron chi connectivity index (χ4n) is 2.04. The Hall–Kier alpha value is -2.29. The molecule has 2 aromatic rings. The van der Waals surface area contributed by atoms with Gasteiger partial charge < -0.3 is 5.11 Å². The van der Waals surface area contributed by atoms with Crippen molar-refractivity contribution in [1.29, 1.82) is 0 Å². The summed E-state index contributed by atoms with van der Waals surface area (Å²) in [6.45, 7) is 0. The number of phenols is 1. The molecule has 0 unspecified atom stereocenters. The molecule has 2 aromatic carbocycles. The van der Waals surface area contributed by atoms with Crippen molar-refractivity contribution < 1.29 is 5.11 Å². The molecule has 1 aliphatic rings. The van der Waals surface area contributed by atoms with Crippen molar-refractivity contribution in [1.82, 2.24) is 0 Å². The van der Waals surface area contributed by atoms with Crippen molar-refractivity contribution in [2.45, 2.75) is 18.8 Å². The number of hydrogen-bond acceptors (Lipinski definition) is 3. The third-order valence-corrected chi connectivity index (χ3v) is 3.27. The van der Waals surface area contributed by atoms with Crippen molar-refractivity contribution in [3.63, 3.8) is 0 Å². The number of hydrogen-bond donors (Lipinski definition) is 2. The second kappa shape index (κ2) is 5.14. The Bertz CT molecular complexity index is 589. The van der Waals surface area contributed by atoms with Crippen LogP contribution in [0.4, 0.5) is 5.69 Å². The van der Waals surface area contributed by atoms with E-state index in [1.807, 2.05) is 42.5 Å². The minimum Gasteiger partial charge on any atom is -0.507 e. The first kappa shape index (κ1) is 11.8. The van der Waals surface area contributed by atoms with E-state index in [0.29, 0.717) is 5.92 Å². The van der Waals surface area contributed by atoms with Gasteiger partial charge in [-0.05, 0) is 48.6 Å². The van der Waals surface area contributed by atoms with Crippen LogP contribution in [0.2, 0.25) is 0 Å². The van der Waals surface area contributed by atoms with E-state index in [1.54, 1.807) is 12.3 Å². The van der Waals surface area contributed by atoms with E-state index in [4.69, 9.17) is 0 Å². The van der Waals surface area contributed by atoms with E-state index in [2.05, 4.69) is 10.5 Å². The minimum atomic E-state index is 0.267. The second-order valence-corrected chi connectivity index (χ2v) is 4.83. The van der Waals surface area contributed by atoms with Gasteiger partial charge in [-0.15, -0.1) is 0 Å². The molecule has 1 aliphatic carbocycles. The Labute approximate surface area is 112 Å². The van der Waals surface area contributed by atoms with Crippen LogP contribution in [-0.4, -0.2) is 11.3 Å². The maximum Gasteiger partial charge on any atom is 0.124 e. The lowest BCUT2D eigenvalue weighted by Gasteiger charge is -2.03. The van der Waals surface area contributed by atoms with Gasteiger partial charge in [0, 0.05) is 5.56 Å². The van der Waals surface area contributed by atoms with E-state index in [1.165, 1.54) is 18.4 Å². The van der Waals surface area contributed by atoms with Crippen LogP contribution in [0.15, 0.2) is 53.6 Å². The molecule has 96 valence electrons. The molecule has 0 amide bonds. The molecule has 2 N–H and O–H groups in total. The highest BCUT2D eigenvalue weighted by atomic mass is 16.3. The molecule has 0 bridgehead atoms. The number of anilines is 1. The molecule has 0 aliphatic heterocycles. The second-order valence-electron chi connectivity index (χ2n) is 4.83. The SMILES string of the molecule is Oc1ccc(C2CC2)cc1C=NNc1ccccc1. The lowest BCUT2D eigenvalue weighted by molar-refractivity contribution is 0.474. The molecule has 0 aromatic heterocycles. The summed E-state index contributed by atoms with van der Waals surface area (Å²) in [6.07, 6.45) is 4.17. The number of nitrogens with zero attached hydrogens (tertiary/aromatic N) is 1. The first-order valence-corrected chi connectivity index (χ1v) is 6.50. The van der Waals surface area contributed by atoms with Crippen molar-refractivity contribution in [3.8, 4) is 5.75 Å². The number of benzene rings is 2. The van der Waals surface area contributed by atoms with E-state index in [-0.39, 0.29) is 5.75 Å². The molecule has 3 heteroatoms. The molecule has 3 rings (SSSR count). The average molecular weight is 252 g/mol. The van der Waals surface area contributed by atoms with Gasteiger partial charge >= 0.3 is 0 Å². The van der Waals surface area contributed by atoms with Gasteiger partial charge in [-0.3, -0.25) is 5.43 Å². The number of rotatable bonds is 4. The summed E-state index contributed by atoms with van der Waals surface area (Å²) in [6, 6.07) is 15.5. The van der Waals surface area contributed by atoms with Crippen LogP contribution in [-0.2, 0) is 0 Å². The molecule has 0 spiro atoms. The quantitative estimate of drug-likeness (QED) is 0.643. The molecule has 0 atom stereocenters. The van der Waals surface area contributed by atoms with Crippen molar-refractivity contribution in [2.24, 2.45) is 5.10 Å². The smallest absolute Gasteiger partial charge is 0.124 e. The molecule has 1 saturated carbocycles. The van der Waals surface area contributed by atoms with Gasteiger partial charge in [-0.25, -0.2) is 0 Å². The average Bonchev–Trinajstić information content (AvgIpc) is 3.27. The van der Waals surface area contributed by atoms with Crippen LogP contribution in [0, 0.1) is 0 Å². The largest absolute Gasteiger partial charge is 0.507 e. The van der Waals surface area contributed by atoms with E-state index < -0.39 is 0 Å². The summed E-state index contributed by atoms with van der Waals surface area (Å²) < 4.78 is 0. The minimum absolute atomic E-state index is 0.267. The summed E-state index contributed by atoms with van der Waals surface area (Å²) in [5.74, 6) is 0.942. The Balaban J connectivity index is 1.73. The lowest BCUT2D eigenvalue weighted by Crippen LogP contribution is -1.92. The molecule has 0 radical (unpaired) electrons. The van der Waals surface area contributed by atoms with Crippen molar-refractivity contribution in [2.75, 3.05) is 5.43 Å². The monoisotopic (exact) mass is 252 g/mol. The number of nitrogens with one attached hydrogen (secondary N) is 1. The zero-order valence-electron chi connectivity index (χ0n) is 10.6. The zero-order valence-corrected chi connectivity index (χ0v) is 10.6. The number of aromatic hydroxyl groups is 1. The van der Waals surface area contributed by atoms with E-state index >= 15 is 0 Å². The lowest BCUT2D eigenvalue weighted by atomic mass is 10.1. The van der Waals surface area contributed by atoms with Crippen LogP contribution >= 0.6 is 0 Å². The van der Waals surface area contributed by atoms with Gasteiger partial charge in [0.2, 0.25) is 0 Å². The van der Waals surface area contributed by atoms with Gasteiger partial charge in [-0.1, -0.05) is 24.3 Å². The van der Waals surface area contributed by atoms with Crippen molar-refractivity contribution in [3.05, 3.63) is 59.7 Å².